The van der Waals surface area contributed by atoms with Crippen molar-refractivity contribution in [1.82, 2.24) is 15.1 Å². The summed E-state index contributed by atoms with van der Waals surface area (Å²) in [6.45, 7) is 2.10. The zero-order chi connectivity index (χ0) is 13.8. The summed E-state index contributed by atoms with van der Waals surface area (Å²) < 4.78 is 13.0. The molecule has 5 heteroatoms. The summed E-state index contributed by atoms with van der Waals surface area (Å²) in [5, 5.41) is 7.77. The van der Waals surface area contributed by atoms with E-state index in [2.05, 4.69) is 10.4 Å². The fourth-order valence-electron chi connectivity index (χ4n) is 2.44. The monoisotopic (exact) mass is 273 g/mol. The Labute approximate surface area is 118 Å². The van der Waals surface area contributed by atoms with Crippen LogP contribution in [0.25, 0.3) is 0 Å². The van der Waals surface area contributed by atoms with Gasteiger partial charge in [-0.05, 0) is 38.1 Å². The standard InChI is InChI=1S/C15H19N3O2/c1-19-13-3-2-4-14(9-13)20-15-10-17-18(11-15)12-5-7-16-8-6-12/h2-4,9-12,16H,5-8H2,1H3. The van der Waals surface area contributed by atoms with Gasteiger partial charge in [-0.3, -0.25) is 4.68 Å². The third kappa shape index (κ3) is 2.93. The van der Waals surface area contributed by atoms with Crippen molar-refractivity contribution in [3.05, 3.63) is 36.7 Å². The molecule has 0 spiro atoms. The SMILES string of the molecule is COc1cccc(Oc2cnn(C3CCNCC3)c2)c1. The number of ether oxygens (including phenoxy) is 2. The first-order valence-corrected chi connectivity index (χ1v) is 6.92. The van der Waals surface area contributed by atoms with Crippen molar-refractivity contribution in [2.24, 2.45) is 0 Å². The van der Waals surface area contributed by atoms with Crippen molar-refractivity contribution >= 4 is 0 Å². The van der Waals surface area contributed by atoms with Crippen LogP contribution in [0.15, 0.2) is 36.7 Å². The summed E-state index contributed by atoms with van der Waals surface area (Å²) >= 11 is 0. The molecular weight excluding hydrogens is 254 g/mol. The second-order valence-corrected chi connectivity index (χ2v) is 4.92. The molecule has 0 unspecified atom stereocenters. The molecule has 1 saturated heterocycles. The second-order valence-electron chi connectivity index (χ2n) is 4.92. The number of hydrogen-bond acceptors (Lipinski definition) is 4. The molecule has 106 valence electrons. The van der Waals surface area contributed by atoms with Gasteiger partial charge >= 0.3 is 0 Å². The summed E-state index contributed by atoms with van der Waals surface area (Å²) in [6, 6.07) is 8.04. The molecule has 0 amide bonds. The first-order valence-electron chi connectivity index (χ1n) is 6.92. The minimum absolute atomic E-state index is 0.471. The Morgan fingerprint density at radius 3 is 2.80 bits per heavy atom. The molecule has 1 fully saturated rings. The highest BCUT2D eigenvalue weighted by Crippen LogP contribution is 2.26. The van der Waals surface area contributed by atoms with Crippen LogP contribution >= 0.6 is 0 Å². The van der Waals surface area contributed by atoms with Gasteiger partial charge in [-0.1, -0.05) is 6.07 Å². The molecule has 2 aromatic rings. The minimum atomic E-state index is 0.471. The van der Waals surface area contributed by atoms with E-state index in [9.17, 15) is 0 Å². The smallest absolute Gasteiger partial charge is 0.165 e. The summed E-state index contributed by atoms with van der Waals surface area (Å²) in [7, 11) is 1.65. The normalized spacial score (nSPS) is 16.1. The summed E-state index contributed by atoms with van der Waals surface area (Å²) in [5.41, 5.74) is 0. The topological polar surface area (TPSA) is 48.3 Å². The van der Waals surface area contributed by atoms with Crippen LogP contribution < -0.4 is 14.8 Å². The second kappa shape index (κ2) is 5.96. The van der Waals surface area contributed by atoms with Crippen LogP contribution in [0.1, 0.15) is 18.9 Å². The average Bonchev–Trinajstić information content (AvgIpc) is 2.97. The maximum absolute atomic E-state index is 5.81. The van der Waals surface area contributed by atoms with Crippen LogP contribution in [-0.4, -0.2) is 30.0 Å². The molecule has 1 aromatic carbocycles. The highest BCUT2D eigenvalue weighted by molar-refractivity contribution is 5.35. The van der Waals surface area contributed by atoms with E-state index in [0.29, 0.717) is 6.04 Å². The third-order valence-electron chi connectivity index (χ3n) is 3.54. The molecule has 1 aliphatic rings. The molecule has 2 heterocycles. The number of hydrogen-bond donors (Lipinski definition) is 1. The molecule has 0 atom stereocenters. The van der Waals surface area contributed by atoms with Gasteiger partial charge in [0, 0.05) is 6.07 Å². The Morgan fingerprint density at radius 2 is 2.00 bits per heavy atom. The maximum Gasteiger partial charge on any atom is 0.165 e. The van der Waals surface area contributed by atoms with Gasteiger partial charge in [0.25, 0.3) is 0 Å². The lowest BCUT2D eigenvalue weighted by molar-refractivity contribution is 0.342. The van der Waals surface area contributed by atoms with Crippen LogP contribution in [0.5, 0.6) is 17.2 Å². The van der Waals surface area contributed by atoms with Crippen molar-refractivity contribution in [2.75, 3.05) is 20.2 Å². The predicted molar refractivity (Wildman–Crippen MR) is 76.4 cm³/mol. The van der Waals surface area contributed by atoms with Crippen LogP contribution in [-0.2, 0) is 0 Å². The lowest BCUT2D eigenvalue weighted by atomic mass is 10.1. The quantitative estimate of drug-likeness (QED) is 0.930. The highest BCUT2D eigenvalue weighted by atomic mass is 16.5. The Morgan fingerprint density at radius 1 is 1.20 bits per heavy atom. The number of rotatable bonds is 4. The Hall–Kier alpha value is -2.01. The molecule has 3 rings (SSSR count). The predicted octanol–water partition coefficient (Wildman–Crippen LogP) is 2.61. The maximum atomic E-state index is 5.81. The lowest BCUT2D eigenvalue weighted by Crippen LogP contribution is -2.29. The number of benzene rings is 1. The van der Waals surface area contributed by atoms with Gasteiger partial charge < -0.3 is 14.8 Å². The van der Waals surface area contributed by atoms with Crippen LogP contribution in [0.3, 0.4) is 0 Å². The molecule has 1 aliphatic heterocycles. The van der Waals surface area contributed by atoms with E-state index in [0.717, 1.165) is 43.2 Å². The molecule has 1 N–H and O–H groups in total. The Kier molecular flexibility index (Phi) is 3.87. The van der Waals surface area contributed by atoms with E-state index < -0.39 is 0 Å². The fourth-order valence-corrected chi connectivity index (χ4v) is 2.44. The summed E-state index contributed by atoms with van der Waals surface area (Å²) in [5.74, 6) is 2.30. The third-order valence-corrected chi connectivity index (χ3v) is 3.54. The van der Waals surface area contributed by atoms with Crippen molar-refractivity contribution in [1.29, 1.82) is 0 Å². The van der Waals surface area contributed by atoms with Gasteiger partial charge in [-0.15, -0.1) is 0 Å². The van der Waals surface area contributed by atoms with E-state index in [4.69, 9.17) is 9.47 Å². The van der Waals surface area contributed by atoms with E-state index >= 15 is 0 Å². The highest BCUT2D eigenvalue weighted by Gasteiger charge is 2.16. The van der Waals surface area contributed by atoms with E-state index in [1.165, 1.54) is 0 Å². The van der Waals surface area contributed by atoms with Crippen molar-refractivity contribution in [3.63, 3.8) is 0 Å². The molecule has 0 bridgehead atoms. The van der Waals surface area contributed by atoms with Gasteiger partial charge in [0.05, 0.1) is 25.5 Å². The first kappa shape index (κ1) is 13.0. The van der Waals surface area contributed by atoms with Crippen LogP contribution in [0.4, 0.5) is 0 Å². The number of aromatic nitrogens is 2. The minimum Gasteiger partial charge on any atom is -0.497 e. The Balaban J connectivity index is 1.70. The molecular formula is C15H19N3O2. The summed E-state index contributed by atoms with van der Waals surface area (Å²) in [4.78, 5) is 0. The molecule has 5 nitrogen and oxygen atoms in total. The number of piperidine rings is 1. The first-order chi connectivity index (χ1) is 9.85. The molecule has 20 heavy (non-hydrogen) atoms. The number of nitrogens with zero attached hydrogens (tertiary/aromatic N) is 2. The van der Waals surface area contributed by atoms with Crippen LogP contribution in [0.2, 0.25) is 0 Å². The van der Waals surface area contributed by atoms with Gasteiger partial charge in [0.2, 0.25) is 0 Å². The van der Waals surface area contributed by atoms with E-state index in [1.54, 1.807) is 13.3 Å². The Bertz CT molecular complexity index is 562. The van der Waals surface area contributed by atoms with E-state index in [1.807, 2.05) is 35.1 Å². The van der Waals surface area contributed by atoms with Crippen molar-refractivity contribution in [2.45, 2.75) is 18.9 Å². The molecule has 0 saturated carbocycles. The van der Waals surface area contributed by atoms with Gasteiger partial charge in [0.15, 0.2) is 5.75 Å². The molecule has 0 radical (unpaired) electrons. The number of methoxy groups -OCH3 is 1. The average molecular weight is 273 g/mol. The summed E-state index contributed by atoms with van der Waals surface area (Å²) in [6.07, 6.45) is 5.96. The zero-order valence-corrected chi connectivity index (χ0v) is 11.6. The van der Waals surface area contributed by atoms with Crippen LogP contribution in [0, 0.1) is 0 Å². The van der Waals surface area contributed by atoms with Crippen molar-refractivity contribution < 1.29 is 9.47 Å². The molecule has 0 aliphatic carbocycles. The molecule has 1 aromatic heterocycles. The largest absolute Gasteiger partial charge is 0.497 e. The fraction of sp³-hybridized carbons (Fsp3) is 0.400. The van der Waals surface area contributed by atoms with E-state index in [-0.39, 0.29) is 0 Å². The van der Waals surface area contributed by atoms with Gasteiger partial charge in [-0.25, -0.2) is 0 Å². The number of nitrogens with one attached hydrogen (secondary N) is 1. The van der Waals surface area contributed by atoms with Gasteiger partial charge in [0.1, 0.15) is 11.5 Å². The zero-order valence-electron chi connectivity index (χ0n) is 11.6. The van der Waals surface area contributed by atoms with Gasteiger partial charge in [-0.2, -0.15) is 5.10 Å². The van der Waals surface area contributed by atoms with Crippen molar-refractivity contribution in [3.8, 4) is 17.2 Å². The lowest BCUT2D eigenvalue weighted by Gasteiger charge is -2.22.